The van der Waals surface area contributed by atoms with Gasteiger partial charge in [0, 0.05) is 110 Å². The number of aromatic nitrogens is 3. The van der Waals surface area contributed by atoms with Crippen LogP contribution < -0.4 is 41.5 Å². The quantitative estimate of drug-likeness (QED) is 0.00933. The number of ketones is 1. The van der Waals surface area contributed by atoms with Gasteiger partial charge in [-0.25, -0.2) is 18.2 Å². The van der Waals surface area contributed by atoms with E-state index in [1.54, 1.807) is 60.2 Å². The Morgan fingerprint density at radius 3 is 2.03 bits per heavy atom. The Bertz CT molecular complexity index is 3550. The summed E-state index contributed by atoms with van der Waals surface area (Å²) in [7, 11) is -2.11. The third kappa shape index (κ3) is 34.7. The Kier molecular flexibility index (Phi) is 43.3. The Hall–Kier alpha value is -6.77. The first-order valence-electron chi connectivity index (χ1n) is 31.0. The molecule has 0 bridgehead atoms. The standard InChI is InChI=1S/C60H90N12O22S2.CH4O.Gd.H2O/c1-41-28-46(29-42(2)56(41)96(88,89)68-49(59(83)84)32-65-57(81)48-34-70(4)51-30-43(11-12-47(51)55(48)80)31-66-60-63-16-17-64-60)94-23-7-10-52(75)61-14-8-21-91-24-26-93-27-25-92-22-9-15-62-58(82)50(39-95(85,86)87)67-44(33-69(3)35-53(76)77)13-18-71(40-90-6)19-20-72(5,37-54(78)79)36-45(74)38-73;1-2;;/h11-13,16-17,28-30,34,49-50,67-68,73H,7-10,14-15,18-27,31-33,35-40H2,1-6H3,(H8-,61,62,63,64,65,66,75,76,77,78,79,81,82,83,84,85,86,87);2H,1H3;;1H2/q;;+2;/p+1/t49?,50-,72?;;;/m0.../s1. The van der Waals surface area contributed by atoms with Crippen LogP contribution in [0.15, 0.2) is 70.4 Å². The van der Waals surface area contributed by atoms with Crippen molar-refractivity contribution in [1.82, 2.24) is 50.3 Å². The van der Waals surface area contributed by atoms with Gasteiger partial charge in [0.25, 0.3) is 16.0 Å². The fourth-order valence-electron chi connectivity index (χ4n) is 9.84. The number of carboxylic acids is 3. The monoisotopic (exact) mass is 1600 g/mol. The van der Waals surface area contributed by atoms with E-state index >= 15 is 0 Å². The van der Waals surface area contributed by atoms with Crippen LogP contribution in [0.25, 0.3) is 10.9 Å². The molecule has 3 atom stereocenters. The second-order valence-corrected chi connectivity index (χ2v) is 26.0. The van der Waals surface area contributed by atoms with Crippen molar-refractivity contribution in [3.63, 3.8) is 0 Å². The molecule has 0 fully saturated rings. The van der Waals surface area contributed by atoms with Crippen LogP contribution in [0.5, 0.6) is 5.75 Å². The number of amides is 3. The van der Waals surface area contributed by atoms with Crippen molar-refractivity contribution in [1.29, 1.82) is 0 Å². The van der Waals surface area contributed by atoms with Crippen LogP contribution in [0.1, 0.15) is 52.7 Å². The number of H-pyrrole nitrogens is 1. The number of carboxylic acid groups (broad SMARTS) is 3. The number of likely N-dealkylation sites (N-methyl/N-ethyl adjacent to an activating group) is 2. The Morgan fingerprint density at radius 2 is 1.46 bits per heavy atom. The van der Waals surface area contributed by atoms with Crippen molar-refractivity contribution in [3.8, 4) is 5.75 Å². The molecule has 2 aromatic carbocycles. The number of aromatic amines is 1. The number of carbonyl (C=O) groups excluding carboxylic acids is 4. The number of nitrogens with one attached hydrogen (secondary N) is 7. The number of Topliss-reactive ketones (excluding diaryl/α,β-unsaturated/α-hetero) is 1. The van der Waals surface area contributed by atoms with Crippen LogP contribution in [-0.4, -0.2) is 294 Å². The normalized spacial score (nSPS) is 12.8. The molecule has 100 heavy (non-hydrogen) atoms. The number of carbonyl (C=O) groups is 7. The van der Waals surface area contributed by atoms with Crippen molar-refractivity contribution in [2.24, 2.45) is 7.05 Å². The summed E-state index contributed by atoms with van der Waals surface area (Å²) >= 11 is 0. The molecule has 0 radical (unpaired) electrons. The number of hydrogen-bond donors (Lipinski definition) is 13. The first kappa shape index (κ1) is 91.2. The summed E-state index contributed by atoms with van der Waals surface area (Å²) < 4.78 is 92.5. The van der Waals surface area contributed by atoms with E-state index in [9.17, 15) is 80.2 Å². The van der Waals surface area contributed by atoms with Crippen molar-refractivity contribution >= 4 is 78.4 Å². The Labute approximate surface area is 612 Å². The van der Waals surface area contributed by atoms with E-state index in [4.69, 9.17) is 28.8 Å². The van der Waals surface area contributed by atoms with Gasteiger partial charge in [0.1, 0.15) is 42.3 Å². The number of hydrogen-bond acceptors (Lipinski definition) is 24. The van der Waals surface area contributed by atoms with Gasteiger partial charge >= 0.3 is 57.8 Å². The van der Waals surface area contributed by atoms with E-state index in [-0.39, 0.29) is 181 Å². The molecular weight excluding hydrogens is 1510 g/mol. The molecule has 0 aliphatic carbocycles. The zero-order chi connectivity index (χ0) is 73.0. The topological polar surface area (TPSA) is 516 Å². The molecule has 2 heterocycles. The molecular formula is C61H97GdN12O24S2+3. The molecule has 0 saturated carbocycles. The van der Waals surface area contributed by atoms with Crippen LogP contribution in [0.2, 0.25) is 0 Å². The van der Waals surface area contributed by atoms with Gasteiger partial charge < -0.3 is 95.3 Å². The van der Waals surface area contributed by atoms with Crippen molar-refractivity contribution in [2.75, 3.05) is 164 Å². The molecule has 0 aliphatic heterocycles. The second-order valence-electron chi connectivity index (χ2n) is 22.9. The van der Waals surface area contributed by atoms with E-state index in [1.165, 1.54) is 51.2 Å². The summed E-state index contributed by atoms with van der Waals surface area (Å²) in [6.45, 7) is 3.20. The number of imidazole rings is 1. The number of ether oxygens (including phenoxy) is 5. The smallest absolute Gasteiger partial charge is 0.494 e. The number of methoxy groups -OCH3 is 1. The summed E-state index contributed by atoms with van der Waals surface area (Å²) in [5, 5.41) is 59.1. The van der Waals surface area contributed by atoms with E-state index in [2.05, 4.69) is 41.3 Å². The zero-order valence-electron chi connectivity index (χ0n) is 57.1. The van der Waals surface area contributed by atoms with Crippen molar-refractivity contribution in [2.45, 2.75) is 63.1 Å². The van der Waals surface area contributed by atoms with E-state index in [0.717, 1.165) is 12.7 Å². The van der Waals surface area contributed by atoms with Gasteiger partial charge in [0.05, 0.1) is 76.9 Å². The third-order valence-corrected chi connectivity index (χ3v) is 16.9. The average Bonchev–Trinajstić information content (AvgIpc) is 0.929. The van der Waals surface area contributed by atoms with Gasteiger partial charge in [-0.05, 0) is 81.1 Å². The molecule has 2 aromatic heterocycles. The van der Waals surface area contributed by atoms with Gasteiger partial charge in [-0.1, -0.05) is 12.1 Å². The second kappa shape index (κ2) is 47.4. The summed E-state index contributed by atoms with van der Waals surface area (Å²) in [6, 6.07) is 4.69. The maximum Gasteiger partial charge on any atom is 2.00 e. The molecule has 4 aromatic rings. The maximum absolute atomic E-state index is 13.6. The molecule has 39 heteroatoms. The van der Waals surface area contributed by atoms with Gasteiger partial charge in [-0.2, -0.15) is 13.1 Å². The third-order valence-electron chi connectivity index (χ3n) is 14.3. The predicted octanol–water partition coefficient (Wildman–Crippen LogP) is -2.60. The SMILES string of the molecule is CO.COCN(CC=C(CN(C)CC(=O)O)N[C@@H](CS(=O)(=O)O)C(=O)NCCCOCCOCCOCCCNC(=O)CCCOc1cc(C)c(S(=O)(=O)NC(CNC(=O)c2cn(C)c3cc(CNc4ncc[nH]4)ccc3c2=O)C(=O)O)c(C)c1)CC[N+](C)(CC(=O)O)CC(=O)CO.O.[Gd+2]. The number of sulfonamides is 1. The van der Waals surface area contributed by atoms with Crippen LogP contribution in [0, 0.1) is 53.8 Å². The van der Waals surface area contributed by atoms with Crippen LogP contribution in [-0.2, 0) is 81.4 Å². The zero-order valence-corrected chi connectivity index (χ0v) is 61.0. The van der Waals surface area contributed by atoms with Crippen LogP contribution in [0.4, 0.5) is 5.95 Å². The summed E-state index contributed by atoms with van der Waals surface area (Å²) in [4.78, 5) is 110. The molecule has 4 rings (SSSR count). The van der Waals surface area contributed by atoms with Gasteiger partial charge in [0.15, 0.2) is 12.5 Å². The molecule has 3 amide bonds. The van der Waals surface area contributed by atoms with E-state index < -0.39 is 105 Å². The number of fused-ring (bicyclic) bond motifs is 1. The molecule has 0 aliphatic rings. The molecule has 2 unspecified atom stereocenters. The number of aliphatic hydroxyl groups is 2. The fraction of sp³-hybridized carbons (Fsp3) is 0.557. The van der Waals surface area contributed by atoms with E-state index in [0.29, 0.717) is 56.2 Å². The fourth-order valence-corrected chi connectivity index (χ4v) is 12.1. The van der Waals surface area contributed by atoms with Crippen LogP contribution >= 0.6 is 0 Å². The number of aryl methyl sites for hydroxylation is 3. The summed E-state index contributed by atoms with van der Waals surface area (Å²) in [5.41, 5.74) is 1.21. The maximum atomic E-state index is 13.6. The first-order valence-corrected chi connectivity index (χ1v) is 34.1. The summed E-state index contributed by atoms with van der Waals surface area (Å²) in [5.74, 6) is -6.50. The molecule has 0 saturated heterocycles. The average molecular weight is 1600 g/mol. The number of benzene rings is 2. The van der Waals surface area contributed by atoms with Crippen molar-refractivity contribution < 1.29 is 154 Å². The largest absolute Gasteiger partial charge is 2.00 e. The number of anilines is 1. The Morgan fingerprint density at radius 1 is 0.830 bits per heavy atom. The number of quaternary nitrogens is 1. The van der Waals surface area contributed by atoms with Crippen LogP contribution in [0.3, 0.4) is 0 Å². The molecule has 0 spiro atoms. The van der Waals surface area contributed by atoms with Gasteiger partial charge in [0.2, 0.25) is 33.0 Å². The van der Waals surface area contributed by atoms with E-state index in [1.807, 2.05) is 0 Å². The number of pyridine rings is 1. The number of aliphatic carboxylic acids is 3. The van der Waals surface area contributed by atoms with Gasteiger partial charge in [-0.15, -0.1) is 0 Å². The minimum Gasteiger partial charge on any atom is -0.494 e. The Balaban J connectivity index is 0.0000124. The number of rotatable bonds is 50. The summed E-state index contributed by atoms with van der Waals surface area (Å²) in [6.07, 6.45) is 7.46. The minimum absolute atomic E-state index is 0. The molecule has 36 nitrogen and oxygen atoms in total. The minimum atomic E-state index is -4.72. The predicted molar refractivity (Wildman–Crippen MR) is 360 cm³/mol. The van der Waals surface area contributed by atoms with Gasteiger partial charge in [-0.3, -0.25) is 47.9 Å². The first-order chi connectivity index (χ1) is 46.4. The molecule has 562 valence electrons. The number of nitrogens with zero attached hydrogens (tertiary/aromatic N) is 5. The van der Waals surface area contributed by atoms with Crippen molar-refractivity contribution in [3.05, 3.63) is 93.2 Å². The molecule has 15 N–H and O–H groups in total. The number of aliphatic hydroxyl groups excluding tert-OH is 2.